The van der Waals surface area contributed by atoms with Gasteiger partial charge in [0, 0.05) is 55.9 Å². The second-order valence-corrected chi connectivity index (χ2v) is 7.96. The number of rotatable bonds is 4. The number of likely N-dealkylation sites (tertiary alicyclic amines) is 2. The largest absolute Gasteiger partial charge is 0.376 e. The van der Waals surface area contributed by atoms with Gasteiger partial charge < -0.3 is 9.64 Å². The molecule has 0 aromatic carbocycles. The van der Waals surface area contributed by atoms with Gasteiger partial charge in [-0.05, 0) is 30.4 Å². The molecule has 0 bridgehead atoms. The van der Waals surface area contributed by atoms with Gasteiger partial charge in [-0.25, -0.2) is 0 Å². The molecule has 4 nitrogen and oxygen atoms in total. The molecule has 0 unspecified atom stereocenters. The van der Waals surface area contributed by atoms with Crippen LogP contribution in [0.2, 0.25) is 0 Å². The van der Waals surface area contributed by atoms with E-state index >= 15 is 0 Å². The second kappa shape index (κ2) is 5.95. The van der Waals surface area contributed by atoms with E-state index in [-0.39, 0.29) is 0 Å². The molecule has 3 fully saturated rings. The highest BCUT2D eigenvalue weighted by molar-refractivity contribution is 7.10. The third-order valence-electron chi connectivity index (χ3n) is 5.48. The molecule has 0 aliphatic carbocycles. The van der Waals surface area contributed by atoms with Gasteiger partial charge in [0.05, 0.1) is 12.7 Å². The number of carbonyl (C=O) groups excluding carboxylic acids is 1. The lowest BCUT2D eigenvalue weighted by atomic mass is 9.93. The van der Waals surface area contributed by atoms with Crippen molar-refractivity contribution in [2.24, 2.45) is 11.8 Å². The Balaban J connectivity index is 1.36. The van der Waals surface area contributed by atoms with Crippen molar-refractivity contribution in [2.45, 2.75) is 32.4 Å². The van der Waals surface area contributed by atoms with Gasteiger partial charge in [0.1, 0.15) is 0 Å². The number of aryl methyl sites for hydroxylation is 1. The number of fused-ring (bicyclic) bond motifs is 1. The van der Waals surface area contributed by atoms with Crippen molar-refractivity contribution in [2.75, 3.05) is 32.8 Å². The van der Waals surface area contributed by atoms with Crippen LogP contribution in [0.15, 0.2) is 11.4 Å². The van der Waals surface area contributed by atoms with Gasteiger partial charge in [-0.2, -0.15) is 0 Å². The molecule has 0 radical (unpaired) electrons. The van der Waals surface area contributed by atoms with E-state index in [1.165, 1.54) is 10.4 Å². The maximum Gasteiger partial charge on any atom is 0.222 e. The smallest absolute Gasteiger partial charge is 0.222 e. The van der Waals surface area contributed by atoms with Crippen molar-refractivity contribution in [3.05, 3.63) is 21.9 Å². The number of ether oxygens (including phenoxy) is 1. The highest BCUT2D eigenvalue weighted by Gasteiger charge is 2.44. The van der Waals surface area contributed by atoms with Gasteiger partial charge in [-0.1, -0.05) is 0 Å². The molecule has 4 rings (SSSR count). The van der Waals surface area contributed by atoms with Crippen molar-refractivity contribution in [1.29, 1.82) is 0 Å². The molecule has 3 atom stereocenters. The molecule has 120 valence electrons. The standard InChI is InChI=1S/C17H24N2O2S/c1-12-4-6-22-16(12)10-18-8-14-13(11-21-15(14)9-18)7-19-5-2-3-17(19)20/h4,6,13-15H,2-3,5,7-11H2,1H3/t13-,14-,15-/m0/s1. The maximum absolute atomic E-state index is 11.8. The van der Waals surface area contributed by atoms with E-state index in [1.807, 2.05) is 11.3 Å². The monoisotopic (exact) mass is 320 g/mol. The van der Waals surface area contributed by atoms with Crippen molar-refractivity contribution < 1.29 is 9.53 Å². The van der Waals surface area contributed by atoms with Crippen LogP contribution in [0, 0.1) is 18.8 Å². The Bertz CT molecular complexity index is 559. The first-order chi connectivity index (χ1) is 10.7. The Morgan fingerprint density at radius 3 is 3.05 bits per heavy atom. The summed E-state index contributed by atoms with van der Waals surface area (Å²) in [5, 5.41) is 2.18. The minimum atomic E-state index is 0.340. The van der Waals surface area contributed by atoms with Crippen LogP contribution in [0.4, 0.5) is 0 Å². The number of hydrogen-bond acceptors (Lipinski definition) is 4. The predicted octanol–water partition coefficient (Wildman–Crippen LogP) is 2.13. The first-order valence-corrected chi connectivity index (χ1v) is 9.23. The summed E-state index contributed by atoms with van der Waals surface area (Å²) in [7, 11) is 0. The minimum absolute atomic E-state index is 0.340. The Kier molecular flexibility index (Phi) is 3.96. The Morgan fingerprint density at radius 2 is 2.32 bits per heavy atom. The summed E-state index contributed by atoms with van der Waals surface area (Å²) in [5.74, 6) is 1.47. The van der Waals surface area contributed by atoms with Crippen LogP contribution in [-0.2, 0) is 16.1 Å². The predicted molar refractivity (Wildman–Crippen MR) is 86.9 cm³/mol. The van der Waals surface area contributed by atoms with Gasteiger partial charge in [0.25, 0.3) is 0 Å². The lowest BCUT2D eigenvalue weighted by Gasteiger charge is -2.24. The topological polar surface area (TPSA) is 32.8 Å². The van der Waals surface area contributed by atoms with Gasteiger partial charge in [-0.15, -0.1) is 11.3 Å². The molecule has 3 aliphatic heterocycles. The minimum Gasteiger partial charge on any atom is -0.376 e. The molecule has 1 aromatic heterocycles. The molecule has 4 heterocycles. The van der Waals surface area contributed by atoms with E-state index in [0.717, 1.165) is 52.2 Å². The van der Waals surface area contributed by atoms with E-state index in [9.17, 15) is 4.79 Å². The summed E-state index contributed by atoms with van der Waals surface area (Å²) in [4.78, 5) is 17.9. The van der Waals surface area contributed by atoms with Crippen molar-refractivity contribution >= 4 is 17.2 Å². The highest BCUT2D eigenvalue weighted by atomic mass is 32.1. The fourth-order valence-electron chi connectivity index (χ4n) is 4.15. The summed E-state index contributed by atoms with van der Waals surface area (Å²) in [6.07, 6.45) is 2.15. The number of carbonyl (C=O) groups is 1. The Hall–Kier alpha value is -0.910. The summed E-state index contributed by atoms with van der Waals surface area (Å²) in [5.41, 5.74) is 1.40. The quantitative estimate of drug-likeness (QED) is 0.852. The van der Waals surface area contributed by atoms with Gasteiger partial charge >= 0.3 is 0 Å². The first kappa shape index (κ1) is 14.7. The zero-order chi connectivity index (χ0) is 15.1. The lowest BCUT2D eigenvalue weighted by Crippen LogP contribution is -2.35. The van der Waals surface area contributed by atoms with Gasteiger partial charge in [0.2, 0.25) is 5.91 Å². The molecule has 3 saturated heterocycles. The molecule has 3 aliphatic rings. The molecular formula is C17H24N2O2S. The van der Waals surface area contributed by atoms with Crippen LogP contribution in [0.5, 0.6) is 0 Å². The van der Waals surface area contributed by atoms with Crippen LogP contribution in [0.3, 0.4) is 0 Å². The third-order valence-corrected chi connectivity index (χ3v) is 6.48. The molecule has 0 spiro atoms. The number of thiophene rings is 1. The second-order valence-electron chi connectivity index (χ2n) is 6.96. The molecule has 1 aromatic rings. The Labute approximate surface area is 136 Å². The van der Waals surface area contributed by atoms with Gasteiger partial charge in [0.15, 0.2) is 0 Å². The molecule has 0 N–H and O–H groups in total. The molecule has 22 heavy (non-hydrogen) atoms. The highest BCUT2D eigenvalue weighted by Crippen LogP contribution is 2.36. The summed E-state index contributed by atoms with van der Waals surface area (Å²) >= 11 is 1.86. The molecular weight excluding hydrogens is 296 g/mol. The van der Waals surface area contributed by atoms with Crippen LogP contribution < -0.4 is 0 Å². The van der Waals surface area contributed by atoms with E-state index in [4.69, 9.17) is 4.74 Å². The number of nitrogens with zero attached hydrogens (tertiary/aromatic N) is 2. The van der Waals surface area contributed by atoms with E-state index < -0.39 is 0 Å². The van der Waals surface area contributed by atoms with Crippen LogP contribution >= 0.6 is 11.3 Å². The average molecular weight is 320 g/mol. The number of amides is 1. The molecule has 0 saturated carbocycles. The third kappa shape index (κ3) is 2.70. The fraction of sp³-hybridized carbons (Fsp3) is 0.706. The first-order valence-electron chi connectivity index (χ1n) is 8.35. The fourth-order valence-corrected chi connectivity index (χ4v) is 5.09. The van der Waals surface area contributed by atoms with Crippen molar-refractivity contribution in [3.63, 3.8) is 0 Å². The summed E-state index contributed by atoms with van der Waals surface area (Å²) in [6, 6.07) is 2.20. The Morgan fingerprint density at radius 1 is 1.41 bits per heavy atom. The number of hydrogen-bond donors (Lipinski definition) is 0. The van der Waals surface area contributed by atoms with Crippen molar-refractivity contribution in [3.8, 4) is 0 Å². The molecule has 1 amide bonds. The summed E-state index contributed by atoms with van der Waals surface area (Å²) < 4.78 is 6.04. The van der Waals surface area contributed by atoms with E-state index in [0.29, 0.717) is 23.8 Å². The maximum atomic E-state index is 11.8. The lowest BCUT2D eigenvalue weighted by molar-refractivity contribution is -0.128. The average Bonchev–Trinajstić information content (AvgIpc) is 3.22. The normalized spacial score (nSPS) is 32.1. The van der Waals surface area contributed by atoms with E-state index in [1.54, 1.807) is 0 Å². The summed E-state index contributed by atoms with van der Waals surface area (Å²) in [6.45, 7) is 8.11. The zero-order valence-corrected chi connectivity index (χ0v) is 14.0. The van der Waals surface area contributed by atoms with Crippen molar-refractivity contribution in [1.82, 2.24) is 9.80 Å². The zero-order valence-electron chi connectivity index (χ0n) is 13.2. The van der Waals surface area contributed by atoms with Crippen LogP contribution in [0.25, 0.3) is 0 Å². The van der Waals surface area contributed by atoms with E-state index in [2.05, 4.69) is 28.2 Å². The van der Waals surface area contributed by atoms with Gasteiger partial charge in [-0.3, -0.25) is 9.69 Å². The SMILES string of the molecule is Cc1ccsc1CN1C[C@H]2[C@@H](CN3CCCC3=O)CO[C@H]2C1. The van der Waals surface area contributed by atoms with Crippen LogP contribution in [-0.4, -0.2) is 54.6 Å². The van der Waals surface area contributed by atoms with Crippen LogP contribution in [0.1, 0.15) is 23.3 Å². The molecule has 5 heteroatoms.